The Morgan fingerprint density at radius 2 is 2.19 bits per heavy atom. The van der Waals surface area contributed by atoms with Crippen molar-refractivity contribution in [2.75, 3.05) is 0 Å². The van der Waals surface area contributed by atoms with Crippen LogP contribution >= 0.6 is 0 Å². The summed E-state index contributed by atoms with van der Waals surface area (Å²) in [6.07, 6.45) is 4.90. The van der Waals surface area contributed by atoms with E-state index in [0.717, 1.165) is 30.9 Å². The molecule has 0 radical (unpaired) electrons. The first-order chi connectivity index (χ1) is 7.37. The molecule has 1 unspecified atom stereocenters. The summed E-state index contributed by atoms with van der Waals surface area (Å²) in [5, 5.41) is 0. The van der Waals surface area contributed by atoms with Gasteiger partial charge in [0, 0.05) is 5.70 Å². The zero-order valence-corrected chi connectivity index (χ0v) is 10.6. The molecule has 0 bridgehead atoms. The van der Waals surface area contributed by atoms with E-state index in [1.54, 1.807) is 0 Å². The van der Waals surface area contributed by atoms with Crippen LogP contribution in [0.2, 0.25) is 0 Å². The molecule has 0 aromatic rings. The predicted molar refractivity (Wildman–Crippen MR) is 63.6 cm³/mol. The molecule has 0 aromatic carbocycles. The molecular weight excluding hydrogens is 204 g/mol. The molecule has 1 atom stereocenters. The fraction of sp³-hybridized carbons (Fsp3) is 0.750. The third kappa shape index (κ3) is 5.05. The average molecular weight is 226 g/mol. The van der Waals surface area contributed by atoms with Gasteiger partial charge in [-0.1, -0.05) is 13.0 Å². The molecule has 16 heavy (non-hydrogen) atoms. The minimum absolute atomic E-state index is 0.438. The molecule has 0 fully saturated rings. The van der Waals surface area contributed by atoms with Crippen molar-refractivity contribution >= 4 is 6.09 Å². The number of ether oxygens (including phenoxy) is 1. The summed E-state index contributed by atoms with van der Waals surface area (Å²) in [5.74, 6) is 0.743. The van der Waals surface area contributed by atoms with Gasteiger partial charge in [-0.2, -0.15) is 0 Å². The van der Waals surface area contributed by atoms with Gasteiger partial charge in [0.1, 0.15) is 5.60 Å². The van der Waals surface area contributed by atoms with Gasteiger partial charge >= 0.3 is 6.09 Å². The SMILES string of the molecule is CC1CC=C(NNC(=O)OC(C)(C)C)CC1. The maximum atomic E-state index is 11.3. The lowest BCUT2D eigenvalue weighted by molar-refractivity contribution is 0.0505. The van der Waals surface area contributed by atoms with Crippen LogP contribution in [0.4, 0.5) is 4.79 Å². The number of rotatable bonds is 2. The van der Waals surface area contributed by atoms with E-state index in [-0.39, 0.29) is 0 Å². The Hall–Kier alpha value is -1.19. The van der Waals surface area contributed by atoms with E-state index in [1.165, 1.54) is 0 Å². The Bertz CT molecular complexity index is 279. The van der Waals surface area contributed by atoms with E-state index in [1.807, 2.05) is 20.8 Å². The van der Waals surface area contributed by atoms with Crippen LogP contribution in [-0.4, -0.2) is 11.7 Å². The lowest BCUT2D eigenvalue weighted by atomic mass is 9.95. The molecule has 92 valence electrons. The molecule has 1 aliphatic carbocycles. The highest BCUT2D eigenvalue weighted by Crippen LogP contribution is 2.20. The number of hydrogen-bond acceptors (Lipinski definition) is 3. The van der Waals surface area contributed by atoms with Crippen LogP contribution in [0.1, 0.15) is 47.0 Å². The van der Waals surface area contributed by atoms with Crippen molar-refractivity contribution in [2.24, 2.45) is 5.92 Å². The quantitative estimate of drug-likeness (QED) is 0.712. The number of nitrogens with one attached hydrogen (secondary N) is 2. The van der Waals surface area contributed by atoms with Crippen LogP contribution in [0, 0.1) is 5.92 Å². The minimum Gasteiger partial charge on any atom is -0.443 e. The third-order valence-corrected chi connectivity index (χ3v) is 2.40. The van der Waals surface area contributed by atoms with Gasteiger partial charge in [-0.3, -0.25) is 0 Å². The summed E-state index contributed by atoms with van der Waals surface area (Å²) in [7, 11) is 0. The Kier molecular flexibility index (Phi) is 4.21. The monoisotopic (exact) mass is 226 g/mol. The van der Waals surface area contributed by atoms with Gasteiger partial charge in [0.2, 0.25) is 0 Å². The van der Waals surface area contributed by atoms with Crippen LogP contribution in [0.5, 0.6) is 0 Å². The Balaban J connectivity index is 2.27. The molecule has 1 aliphatic rings. The second kappa shape index (κ2) is 5.23. The first kappa shape index (κ1) is 12.9. The molecule has 4 heteroatoms. The fourth-order valence-corrected chi connectivity index (χ4v) is 1.51. The van der Waals surface area contributed by atoms with E-state index in [9.17, 15) is 4.79 Å². The van der Waals surface area contributed by atoms with Crippen molar-refractivity contribution in [3.8, 4) is 0 Å². The van der Waals surface area contributed by atoms with Crippen LogP contribution in [-0.2, 0) is 4.74 Å². The molecule has 0 spiro atoms. The summed E-state index contributed by atoms with van der Waals surface area (Å²) in [6.45, 7) is 7.75. The van der Waals surface area contributed by atoms with Crippen LogP contribution in [0.3, 0.4) is 0 Å². The smallest absolute Gasteiger partial charge is 0.426 e. The van der Waals surface area contributed by atoms with Crippen molar-refractivity contribution < 1.29 is 9.53 Å². The topological polar surface area (TPSA) is 50.4 Å². The van der Waals surface area contributed by atoms with Crippen molar-refractivity contribution in [1.29, 1.82) is 0 Å². The Morgan fingerprint density at radius 3 is 2.69 bits per heavy atom. The molecule has 2 N–H and O–H groups in total. The van der Waals surface area contributed by atoms with Gasteiger partial charge in [-0.25, -0.2) is 10.2 Å². The summed E-state index contributed by atoms with van der Waals surface area (Å²) in [5.41, 5.74) is 6.06. The van der Waals surface area contributed by atoms with Gasteiger partial charge in [0.25, 0.3) is 0 Å². The molecule has 1 rings (SSSR count). The van der Waals surface area contributed by atoms with E-state index in [0.29, 0.717) is 0 Å². The molecule has 0 heterocycles. The number of carbonyl (C=O) groups excluding carboxylic acids is 1. The van der Waals surface area contributed by atoms with Gasteiger partial charge in [0.15, 0.2) is 0 Å². The number of hydrogen-bond donors (Lipinski definition) is 2. The summed E-state index contributed by atoms with van der Waals surface area (Å²) < 4.78 is 5.11. The van der Waals surface area contributed by atoms with Gasteiger partial charge in [-0.05, 0) is 46.0 Å². The maximum Gasteiger partial charge on any atom is 0.426 e. The second-order valence-corrected chi connectivity index (χ2v) is 5.36. The minimum atomic E-state index is -0.457. The molecule has 0 saturated heterocycles. The summed E-state index contributed by atoms with van der Waals surface area (Å²) in [6, 6.07) is 0. The lowest BCUT2D eigenvalue weighted by Gasteiger charge is -2.22. The zero-order valence-electron chi connectivity index (χ0n) is 10.6. The largest absolute Gasteiger partial charge is 0.443 e. The highest BCUT2D eigenvalue weighted by Gasteiger charge is 2.16. The van der Waals surface area contributed by atoms with Crippen molar-refractivity contribution in [3.05, 3.63) is 11.8 Å². The predicted octanol–water partition coefficient (Wildman–Crippen LogP) is 2.72. The van der Waals surface area contributed by atoms with E-state index in [2.05, 4.69) is 23.9 Å². The molecule has 1 amide bonds. The van der Waals surface area contributed by atoms with Crippen molar-refractivity contribution in [1.82, 2.24) is 10.9 Å². The normalized spacial score (nSPS) is 21.0. The Labute approximate surface area is 97.4 Å². The Morgan fingerprint density at radius 1 is 1.50 bits per heavy atom. The molecule has 0 saturated carbocycles. The number of allylic oxidation sites excluding steroid dienone is 2. The maximum absolute atomic E-state index is 11.3. The van der Waals surface area contributed by atoms with Gasteiger partial charge < -0.3 is 10.2 Å². The second-order valence-electron chi connectivity index (χ2n) is 5.36. The molecule has 0 aromatic heterocycles. The van der Waals surface area contributed by atoms with Gasteiger partial charge in [-0.15, -0.1) is 0 Å². The first-order valence-corrected chi connectivity index (χ1v) is 5.81. The van der Waals surface area contributed by atoms with Crippen LogP contribution < -0.4 is 10.9 Å². The highest BCUT2D eigenvalue weighted by atomic mass is 16.6. The van der Waals surface area contributed by atoms with Gasteiger partial charge in [0.05, 0.1) is 0 Å². The standard InChI is InChI=1S/C12H22N2O2/c1-9-5-7-10(8-6-9)13-14-11(15)16-12(2,3)4/h7,9,13H,5-6,8H2,1-4H3,(H,14,15). The van der Waals surface area contributed by atoms with Crippen LogP contribution in [0.15, 0.2) is 11.8 Å². The molecule has 4 nitrogen and oxygen atoms in total. The van der Waals surface area contributed by atoms with E-state index in [4.69, 9.17) is 4.74 Å². The first-order valence-electron chi connectivity index (χ1n) is 5.81. The summed E-state index contributed by atoms with van der Waals surface area (Å²) in [4.78, 5) is 11.3. The highest BCUT2D eigenvalue weighted by molar-refractivity contribution is 5.67. The summed E-state index contributed by atoms with van der Waals surface area (Å²) >= 11 is 0. The molecule has 0 aliphatic heterocycles. The number of hydrazine groups is 1. The third-order valence-electron chi connectivity index (χ3n) is 2.40. The zero-order chi connectivity index (χ0) is 12.2. The van der Waals surface area contributed by atoms with Crippen molar-refractivity contribution in [3.63, 3.8) is 0 Å². The van der Waals surface area contributed by atoms with Crippen molar-refractivity contribution in [2.45, 2.75) is 52.6 Å². The van der Waals surface area contributed by atoms with Crippen LogP contribution in [0.25, 0.3) is 0 Å². The fourth-order valence-electron chi connectivity index (χ4n) is 1.51. The molecular formula is C12H22N2O2. The number of carbonyl (C=O) groups is 1. The van der Waals surface area contributed by atoms with E-state index < -0.39 is 11.7 Å². The number of amides is 1. The lowest BCUT2D eigenvalue weighted by Crippen LogP contribution is -2.41. The average Bonchev–Trinajstić information content (AvgIpc) is 2.14. The van der Waals surface area contributed by atoms with E-state index >= 15 is 0 Å².